The summed E-state index contributed by atoms with van der Waals surface area (Å²) in [5.41, 5.74) is 1.90. The summed E-state index contributed by atoms with van der Waals surface area (Å²) in [6.07, 6.45) is 1.89. The number of nitrogens with zero attached hydrogens (tertiary/aromatic N) is 1. The fraction of sp³-hybridized carbons (Fsp3) is 0.167. The predicted molar refractivity (Wildman–Crippen MR) is 97.5 cm³/mol. The summed E-state index contributed by atoms with van der Waals surface area (Å²) in [6.45, 7) is 2.52. The van der Waals surface area contributed by atoms with E-state index in [9.17, 15) is 0 Å². The molecular weight excluding hydrogens is 330 g/mol. The van der Waals surface area contributed by atoms with Crippen LogP contribution >= 0.6 is 22.9 Å². The molecule has 0 saturated carbocycles. The Kier molecular flexibility index (Phi) is 4.84. The highest BCUT2D eigenvalue weighted by atomic mass is 35.5. The molecule has 3 nitrogen and oxygen atoms in total. The SMILES string of the molecule is CCOc1cc(/C=C(\Cl)c2nc3ccccc3s2)ccc1OC. The number of ether oxygens (including phenoxy) is 2. The molecule has 0 atom stereocenters. The molecule has 23 heavy (non-hydrogen) atoms. The molecule has 2 aromatic carbocycles. The minimum Gasteiger partial charge on any atom is -0.493 e. The molecule has 0 fully saturated rings. The van der Waals surface area contributed by atoms with E-state index in [0.717, 1.165) is 20.8 Å². The van der Waals surface area contributed by atoms with E-state index in [1.807, 2.05) is 55.5 Å². The maximum atomic E-state index is 6.45. The minimum atomic E-state index is 0.579. The largest absolute Gasteiger partial charge is 0.493 e. The van der Waals surface area contributed by atoms with Crippen LogP contribution in [0, 0.1) is 0 Å². The molecule has 1 aromatic heterocycles. The summed E-state index contributed by atoms with van der Waals surface area (Å²) in [4.78, 5) is 4.56. The van der Waals surface area contributed by atoms with Gasteiger partial charge in [0.25, 0.3) is 0 Å². The molecule has 0 spiro atoms. The molecule has 0 saturated heterocycles. The van der Waals surface area contributed by atoms with Gasteiger partial charge in [0.05, 0.1) is 29.0 Å². The average Bonchev–Trinajstić information content (AvgIpc) is 3.00. The highest BCUT2D eigenvalue weighted by molar-refractivity contribution is 7.20. The summed E-state index contributed by atoms with van der Waals surface area (Å²) < 4.78 is 12.0. The molecule has 0 aliphatic carbocycles. The molecule has 0 bridgehead atoms. The van der Waals surface area contributed by atoms with E-state index in [-0.39, 0.29) is 0 Å². The quantitative estimate of drug-likeness (QED) is 0.617. The number of aromatic nitrogens is 1. The fourth-order valence-electron chi connectivity index (χ4n) is 2.23. The maximum absolute atomic E-state index is 6.45. The number of halogens is 1. The second-order valence-corrected chi connectivity index (χ2v) is 6.26. The molecule has 0 unspecified atom stereocenters. The van der Waals surface area contributed by atoms with Gasteiger partial charge in [-0.1, -0.05) is 29.8 Å². The van der Waals surface area contributed by atoms with Crippen LogP contribution in [-0.2, 0) is 0 Å². The molecule has 0 radical (unpaired) electrons. The van der Waals surface area contributed by atoms with E-state index >= 15 is 0 Å². The molecule has 0 amide bonds. The van der Waals surface area contributed by atoms with Gasteiger partial charge in [0.15, 0.2) is 11.5 Å². The van der Waals surface area contributed by atoms with Crippen LogP contribution in [-0.4, -0.2) is 18.7 Å². The first-order valence-electron chi connectivity index (χ1n) is 7.25. The van der Waals surface area contributed by atoms with Crippen molar-refractivity contribution in [2.24, 2.45) is 0 Å². The lowest BCUT2D eigenvalue weighted by atomic mass is 10.2. The Morgan fingerprint density at radius 3 is 2.78 bits per heavy atom. The molecular formula is C18H16ClNO2S. The van der Waals surface area contributed by atoms with Crippen molar-refractivity contribution in [1.29, 1.82) is 0 Å². The van der Waals surface area contributed by atoms with Crippen LogP contribution in [0.1, 0.15) is 17.5 Å². The Hall–Kier alpha value is -2.04. The van der Waals surface area contributed by atoms with Gasteiger partial charge >= 0.3 is 0 Å². The number of para-hydroxylation sites is 1. The van der Waals surface area contributed by atoms with Crippen LogP contribution in [0.4, 0.5) is 0 Å². The Morgan fingerprint density at radius 1 is 1.22 bits per heavy atom. The third-order valence-electron chi connectivity index (χ3n) is 3.28. The van der Waals surface area contributed by atoms with Gasteiger partial charge in [0.2, 0.25) is 0 Å². The Bertz CT molecular complexity index is 824. The third kappa shape index (κ3) is 3.49. The maximum Gasteiger partial charge on any atom is 0.161 e. The first kappa shape index (κ1) is 15.8. The van der Waals surface area contributed by atoms with Crippen LogP contribution in [0.15, 0.2) is 42.5 Å². The number of hydrogen-bond acceptors (Lipinski definition) is 4. The van der Waals surface area contributed by atoms with Gasteiger partial charge in [0, 0.05) is 0 Å². The van der Waals surface area contributed by atoms with Crippen molar-refractivity contribution in [3.8, 4) is 11.5 Å². The number of hydrogen-bond donors (Lipinski definition) is 0. The van der Waals surface area contributed by atoms with Crippen molar-refractivity contribution in [2.45, 2.75) is 6.92 Å². The second-order valence-electron chi connectivity index (χ2n) is 4.82. The van der Waals surface area contributed by atoms with Crippen molar-refractivity contribution in [3.63, 3.8) is 0 Å². The molecule has 0 N–H and O–H groups in total. The van der Waals surface area contributed by atoms with E-state index in [0.29, 0.717) is 23.1 Å². The summed E-state index contributed by atoms with van der Waals surface area (Å²) in [5.74, 6) is 1.41. The van der Waals surface area contributed by atoms with Crippen molar-refractivity contribution in [3.05, 3.63) is 53.0 Å². The molecule has 5 heteroatoms. The van der Waals surface area contributed by atoms with Gasteiger partial charge in [0.1, 0.15) is 5.01 Å². The van der Waals surface area contributed by atoms with Crippen LogP contribution < -0.4 is 9.47 Å². The zero-order chi connectivity index (χ0) is 16.2. The van der Waals surface area contributed by atoms with E-state index in [4.69, 9.17) is 21.1 Å². The summed E-state index contributed by atoms with van der Waals surface area (Å²) in [7, 11) is 1.63. The summed E-state index contributed by atoms with van der Waals surface area (Å²) in [5, 5.41) is 1.42. The molecule has 118 valence electrons. The third-order valence-corrected chi connectivity index (χ3v) is 4.75. The Balaban J connectivity index is 1.94. The molecule has 3 aromatic rings. The molecule has 3 rings (SSSR count). The molecule has 1 heterocycles. The van der Waals surface area contributed by atoms with E-state index in [1.165, 1.54) is 0 Å². The van der Waals surface area contributed by atoms with Crippen molar-refractivity contribution < 1.29 is 9.47 Å². The lowest BCUT2D eigenvalue weighted by molar-refractivity contribution is 0.311. The van der Waals surface area contributed by atoms with Crippen LogP contribution in [0.3, 0.4) is 0 Å². The lowest BCUT2D eigenvalue weighted by Crippen LogP contribution is -1.95. The first-order valence-corrected chi connectivity index (χ1v) is 8.44. The molecule has 0 aliphatic heterocycles. The fourth-order valence-corrected chi connectivity index (χ4v) is 3.39. The monoisotopic (exact) mass is 345 g/mol. The topological polar surface area (TPSA) is 31.4 Å². The van der Waals surface area contributed by atoms with E-state index in [1.54, 1.807) is 18.4 Å². The molecule has 0 aliphatic rings. The van der Waals surface area contributed by atoms with Crippen molar-refractivity contribution in [2.75, 3.05) is 13.7 Å². The number of methoxy groups -OCH3 is 1. The number of fused-ring (bicyclic) bond motifs is 1. The van der Waals surface area contributed by atoms with E-state index in [2.05, 4.69) is 4.98 Å². The Labute approximate surface area is 144 Å². The van der Waals surface area contributed by atoms with Gasteiger partial charge in [-0.3, -0.25) is 0 Å². The standard InChI is InChI=1S/C18H16ClNO2S/c1-3-22-16-11-12(8-9-15(16)21-2)10-13(19)18-20-14-6-4-5-7-17(14)23-18/h4-11H,3H2,1-2H3/b13-10-. The minimum absolute atomic E-state index is 0.579. The average molecular weight is 346 g/mol. The van der Waals surface area contributed by atoms with Gasteiger partial charge in [-0.25, -0.2) is 4.98 Å². The zero-order valence-corrected chi connectivity index (χ0v) is 14.4. The lowest BCUT2D eigenvalue weighted by Gasteiger charge is -2.09. The highest BCUT2D eigenvalue weighted by Crippen LogP contribution is 2.33. The van der Waals surface area contributed by atoms with Gasteiger partial charge in [-0.15, -0.1) is 11.3 Å². The van der Waals surface area contributed by atoms with E-state index < -0.39 is 0 Å². The van der Waals surface area contributed by atoms with Crippen LogP contribution in [0.5, 0.6) is 11.5 Å². The second kappa shape index (κ2) is 7.02. The van der Waals surface area contributed by atoms with Gasteiger partial charge in [-0.05, 0) is 42.8 Å². The zero-order valence-electron chi connectivity index (χ0n) is 12.9. The predicted octanol–water partition coefficient (Wildman–Crippen LogP) is 5.44. The first-order chi connectivity index (χ1) is 11.2. The van der Waals surface area contributed by atoms with Crippen molar-refractivity contribution in [1.82, 2.24) is 4.98 Å². The summed E-state index contributed by atoms with van der Waals surface area (Å²) in [6, 6.07) is 13.7. The van der Waals surface area contributed by atoms with Crippen LogP contribution in [0.25, 0.3) is 21.3 Å². The number of benzene rings is 2. The smallest absolute Gasteiger partial charge is 0.161 e. The highest BCUT2D eigenvalue weighted by Gasteiger charge is 2.08. The Morgan fingerprint density at radius 2 is 2.04 bits per heavy atom. The van der Waals surface area contributed by atoms with Gasteiger partial charge < -0.3 is 9.47 Å². The normalized spacial score (nSPS) is 11.7. The number of thiazole rings is 1. The number of rotatable bonds is 5. The van der Waals surface area contributed by atoms with Crippen molar-refractivity contribution >= 4 is 44.3 Å². The van der Waals surface area contributed by atoms with Gasteiger partial charge in [-0.2, -0.15) is 0 Å². The van der Waals surface area contributed by atoms with Crippen LogP contribution in [0.2, 0.25) is 0 Å². The summed E-state index contributed by atoms with van der Waals surface area (Å²) >= 11 is 8.03.